The molecular formula is C21H25FN2O4. The Kier molecular flexibility index (Phi) is 7.80. The van der Waals surface area contributed by atoms with Crippen LogP contribution < -0.4 is 14.8 Å². The van der Waals surface area contributed by atoms with Gasteiger partial charge in [0.05, 0.1) is 7.11 Å². The van der Waals surface area contributed by atoms with E-state index in [0.29, 0.717) is 17.9 Å². The van der Waals surface area contributed by atoms with Crippen LogP contribution in [0.3, 0.4) is 0 Å². The lowest BCUT2D eigenvalue weighted by Crippen LogP contribution is -2.49. The molecule has 0 heterocycles. The van der Waals surface area contributed by atoms with E-state index in [1.54, 1.807) is 43.5 Å². The minimum absolute atomic E-state index is 0.178. The molecule has 0 aliphatic carbocycles. The molecule has 2 rings (SSSR count). The summed E-state index contributed by atoms with van der Waals surface area (Å²) < 4.78 is 23.8. The molecule has 0 aliphatic rings. The highest BCUT2D eigenvalue weighted by molar-refractivity contribution is 5.88. The molecule has 150 valence electrons. The smallest absolute Gasteiger partial charge is 0.261 e. The zero-order valence-corrected chi connectivity index (χ0v) is 16.3. The highest BCUT2D eigenvalue weighted by atomic mass is 19.1. The van der Waals surface area contributed by atoms with E-state index >= 15 is 0 Å². The third-order valence-electron chi connectivity index (χ3n) is 4.32. The van der Waals surface area contributed by atoms with Gasteiger partial charge in [0.25, 0.3) is 5.91 Å². The van der Waals surface area contributed by atoms with Crippen molar-refractivity contribution in [3.63, 3.8) is 0 Å². The SMILES string of the molecule is CC[C@@H](C(=O)NC)N(Cc1ccc(F)cc1)C(=O)COc1ccc(OC)cc1. The third kappa shape index (κ3) is 5.70. The fourth-order valence-electron chi connectivity index (χ4n) is 2.77. The summed E-state index contributed by atoms with van der Waals surface area (Å²) in [7, 11) is 3.09. The van der Waals surface area contributed by atoms with Gasteiger partial charge in [0.15, 0.2) is 6.61 Å². The van der Waals surface area contributed by atoms with Gasteiger partial charge in [-0.15, -0.1) is 0 Å². The molecule has 2 amide bonds. The van der Waals surface area contributed by atoms with Crippen LogP contribution in [0.5, 0.6) is 11.5 Å². The van der Waals surface area contributed by atoms with Crippen LogP contribution in [-0.2, 0) is 16.1 Å². The normalized spacial score (nSPS) is 11.4. The van der Waals surface area contributed by atoms with Gasteiger partial charge in [-0.05, 0) is 48.4 Å². The Hall–Kier alpha value is -3.09. The lowest BCUT2D eigenvalue weighted by Gasteiger charge is -2.30. The summed E-state index contributed by atoms with van der Waals surface area (Å²) in [6, 6.07) is 12.1. The van der Waals surface area contributed by atoms with Crippen molar-refractivity contribution in [1.29, 1.82) is 0 Å². The standard InChI is InChI=1S/C21H25FN2O4/c1-4-19(21(26)23-2)24(13-15-5-7-16(22)8-6-15)20(25)14-28-18-11-9-17(27-3)10-12-18/h5-12,19H,4,13-14H2,1-3H3,(H,23,26)/t19-/m0/s1. The summed E-state index contributed by atoms with van der Waals surface area (Å²) in [5.74, 6) is 0.243. The van der Waals surface area contributed by atoms with Crippen molar-refractivity contribution in [2.75, 3.05) is 20.8 Å². The van der Waals surface area contributed by atoms with Crippen LogP contribution in [0, 0.1) is 5.82 Å². The number of amides is 2. The molecule has 0 radical (unpaired) electrons. The number of rotatable bonds is 9. The van der Waals surface area contributed by atoms with Crippen molar-refractivity contribution in [3.8, 4) is 11.5 Å². The second-order valence-corrected chi connectivity index (χ2v) is 6.15. The molecule has 0 spiro atoms. The number of halogens is 1. The molecule has 6 nitrogen and oxygen atoms in total. The van der Waals surface area contributed by atoms with Crippen LogP contribution in [-0.4, -0.2) is 43.5 Å². The quantitative estimate of drug-likeness (QED) is 0.717. The summed E-state index contributed by atoms with van der Waals surface area (Å²) in [6.07, 6.45) is 0.440. The van der Waals surface area contributed by atoms with Crippen molar-refractivity contribution in [2.45, 2.75) is 25.9 Å². The maximum absolute atomic E-state index is 13.2. The second kappa shape index (κ2) is 10.3. The Bertz CT molecular complexity index is 778. The molecule has 0 bridgehead atoms. The van der Waals surface area contributed by atoms with Gasteiger partial charge < -0.3 is 19.7 Å². The first-order valence-corrected chi connectivity index (χ1v) is 9.00. The number of hydrogen-bond acceptors (Lipinski definition) is 4. The summed E-state index contributed by atoms with van der Waals surface area (Å²) in [6.45, 7) is 1.78. The van der Waals surface area contributed by atoms with E-state index in [1.165, 1.54) is 24.1 Å². The van der Waals surface area contributed by atoms with E-state index in [1.807, 2.05) is 6.92 Å². The number of methoxy groups -OCH3 is 1. The Balaban J connectivity index is 2.14. The topological polar surface area (TPSA) is 67.9 Å². The monoisotopic (exact) mass is 388 g/mol. The number of nitrogens with one attached hydrogen (secondary N) is 1. The fourth-order valence-corrected chi connectivity index (χ4v) is 2.77. The molecule has 0 unspecified atom stereocenters. The van der Waals surface area contributed by atoms with E-state index in [-0.39, 0.29) is 30.8 Å². The van der Waals surface area contributed by atoms with E-state index in [4.69, 9.17) is 9.47 Å². The number of likely N-dealkylation sites (N-methyl/N-ethyl adjacent to an activating group) is 1. The molecule has 0 aliphatic heterocycles. The number of benzene rings is 2. The third-order valence-corrected chi connectivity index (χ3v) is 4.32. The molecule has 1 N–H and O–H groups in total. The van der Waals surface area contributed by atoms with Crippen LogP contribution >= 0.6 is 0 Å². The molecule has 0 fully saturated rings. The van der Waals surface area contributed by atoms with E-state index in [2.05, 4.69) is 5.32 Å². The first-order valence-electron chi connectivity index (χ1n) is 9.00. The highest BCUT2D eigenvalue weighted by Gasteiger charge is 2.28. The molecule has 0 aromatic heterocycles. The highest BCUT2D eigenvalue weighted by Crippen LogP contribution is 2.18. The molecular weight excluding hydrogens is 363 g/mol. The van der Waals surface area contributed by atoms with Gasteiger partial charge in [0.1, 0.15) is 23.4 Å². The molecule has 2 aromatic rings. The predicted molar refractivity (Wildman–Crippen MR) is 104 cm³/mol. The number of hydrogen-bond donors (Lipinski definition) is 1. The van der Waals surface area contributed by atoms with E-state index in [9.17, 15) is 14.0 Å². The van der Waals surface area contributed by atoms with Crippen LogP contribution in [0.4, 0.5) is 4.39 Å². The van der Waals surface area contributed by atoms with Crippen molar-refractivity contribution in [2.24, 2.45) is 0 Å². The lowest BCUT2D eigenvalue weighted by molar-refractivity contribution is -0.142. The first-order chi connectivity index (χ1) is 13.5. The number of carbonyl (C=O) groups excluding carboxylic acids is 2. The Morgan fingerprint density at radius 1 is 1.07 bits per heavy atom. The first kappa shape index (κ1) is 21.2. The maximum atomic E-state index is 13.2. The Morgan fingerprint density at radius 2 is 1.68 bits per heavy atom. The van der Waals surface area contributed by atoms with Gasteiger partial charge in [0.2, 0.25) is 5.91 Å². The molecule has 7 heteroatoms. The minimum Gasteiger partial charge on any atom is -0.497 e. The number of carbonyl (C=O) groups is 2. The van der Waals surface area contributed by atoms with E-state index < -0.39 is 6.04 Å². The second-order valence-electron chi connectivity index (χ2n) is 6.15. The summed E-state index contributed by atoms with van der Waals surface area (Å²) in [5.41, 5.74) is 0.724. The average molecular weight is 388 g/mol. The van der Waals surface area contributed by atoms with Crippen molar-refractivity contribution < 1.29 is 23.5 Å². The zero-order valence-electron chi connectivity index (χ0n) is 16.3. The Morgan fingerprint density at radius 3 is 2.21 bits per heavy atom. The van der Waals surface area contributed by atoms with Crippen LogP contribution in [0.15, 0.2) is 48.5 Å². The Labute approximate surface area is 164 Å². The van der Waals surface area contributed by atoms with Crippen molar-refractivity contribution in [3.05, 3.63) is 59.9 Å². The molecule has 2 aromatic carbocycles. The van der Waals surface area contributed by atoms with Gasteiger partial charge in [-0.2, -0.15) is 0 Å². The van der Waals surface area contributed by atoms with Crippen LogP contribution in [0.25, 0.3) is 0 Å². The van der Waals surface area contributed by atoms with Crippen molar-refractivity contribution >= 4 is 11.8 Å². The van der Waals surface area contributed by atoms with Crippen LogP contribution in [0.2, 0.25) is 0 Å². The fraction of sp³-hybridized carbons (Fsp3) is 0.333. The minimum atomic E-state index is -0.651. The van der Waals surface area contributed by atoms with Gasteiger partial charge in [0, 0.05) is 13.6 Å². The molecule has 0 saturated heterocycles. The van der Waals surface area contributed by atoms with Gasteiger partial charge in [-0.25, -0.2) is 4.39 Å². The summed E-state index contributed by atoms with van der Waals surface area (Å²) >= 11 is 0. The molecule has 1 atom stereocenters. The van der Waals surface area contributed by atoms with Crippen LogP contribution in [0.1, 0.15) is 18.9 Å². The zero-order chi connectivity index (χ0) is 20.5. The largest absolute Gasteiger partial charge is 0.497 e. The lowest BCUT2D eigenvalue weighted by atomic mass is 10.1. The average Bonchev–Trinajstić information content (AvgIpc) is 2.73. The molecule has 28 heavy (non-hydrogen) atoms. The number of ether oxygens (including phenoxy) is 2. The maximum Gasteiger partial charge on any atom is 0.261 e. The summed E-state index contributed by atoms with van der Waals surface area (Å²) in [4.78, 5) is 26.6. The van der Waals surface area contributed by atoms with Gasteiger partial charge in [-0.3, -0.25) is 9.59 Å². The van der Waals surface area contributed by atoms with E-state index in [0.717, 1.165) is 5.56 Å². The van der Waals surface area contributed by atoms with Gasteiger partial charge >= 0.3 is 0 Å². The van der Waals surface area contributed by atoms with Crippen molar-refractivity contribution in [1.82, 2.24) is 10.2 Å². The molecule has 0 saturated carbocycles. The predicted octanol–water partition coefficient (Wildman–Crippen LogP) is 2.77. The number of nitrogens with zero attached hydrogens (tertiary/aromatic N) is 1. The summed E-state index contributed by atoms with van der Waals surface area (Å²) in [5, 5.41) is 2.59. The van der Waals surface area contributed by atoms with Gasteiger partial charge in [-0.1, -0.05) is 19.1 Å².